The van der Waals surface area contributed by atoms with Gasteiger partial charge in [-0.15, -0.1) is 0 Å². The van der Waals surface area contributed by atoms with Crippen molar-refractivity contribution in [1.82, 2.24) is 0 Å². The van der Waals surface area contributed by atoms with E-state index in [9.17, 15) is 0 Å². The van der Waals surface area contributed by atoms with E-state index in [1.807, 2.05) is 0 Å². The lowest BCUT2D eigenvalue weighted by molar-refractivity contribution is 0.0203. The van der Waals surface area contributed by atoms with Crippen LogP contribution >= 0.6 is 15.9 Å². The summed E-state index contributed by atoms with van der Waals surface area (Å²) >= 11 is 3.64. The molecule has 1 aliphatic rings. The minimum atomic E-state index is 0.384. The van der Waals surface area contributed by atoms with Crippen LogP contribution in [0.5, 0.6) is 0 Å². The van der Waals surface area contributed by atoms with Crippen LogP contribution < -0.4 is 0 Å². The third-order valence-electron chi connectivity index (χ3n) is 3.71. The second-order valence-corrected chi connectivity index (χ2v) is 5.85. The summed E-state index contributed by atoms with van der Waals surface area (Å²) in [6, 6.07) is 0. The lowest BCUT2D eigenvalue weighted by atomic mass is 9.76. The highest BCUT2D eigenvalue weighted by Crippen LogP contribution is 2.38. The van der Waals surface area contributed by atoms with Gasteiger partial charge in [-0.25, -0.2) is 0 Å². The first-order valence-corrected chi connectivity index (χ1v) is 6.81. The summed E-state index contributed by atoms with van der Waals surface area (Å²) in [4.78, 5) is 0. The van der Waals surface area contributed by atoms with Gasteiger partial charge in [0.25, 0.3) is 0 Å². The molecule has 14 heavy (non-hydrogen) atoms. The number of hydrogen-bond acceptors (Lipinski definition) is 1. The standard InChI is InChI=1S/C12H23BrO/c1-9(2)12(4,8-13)7-11-6-5-10(3)14-11/h9-11H,5-8H2,1-4H3. The van der Waals surface area contributed by atoms with Crippen LogP contribution in [0.1, 0.15) is 47.0 Å². The van der Waals surface area contributed by atoms with E-state index in [2.05, 4.69) is 43.6 Å². The molecule has 3 unspecified atom stereocenters. The van der Waals surface area contributed by atoms with Gasteiger partial charge in [0.05, 0.1) is 12.2 Å². The first kappa shape index (κ1) is 12.5. The van der Waals surface area contributed by atoms with Crippen molar-refractivity contribution >= 4 is 15.9 Å². The lowest BCUT2D eigenvalue weighted by Crippen LogP contribution is -2.30. The maximum Gasteiger partial charge on any atom is 0.0585 e. The topological polar surface area (TPSA) is 9.23 Å². The maximum atomic E-state index is 5.89. The van der Waals surface area contributed by atoms with Gasteiger partial charge in [-0.1, -0.05) is 36.7 Å². The molecule has 1 heterocycles. The van der Waals surface area contributed by atoms with Gasteiger partial charge in [0, 0.05) is 5.33 Å². The van der Waals surface area contributed by atoms with Gasteiger partial charge in [-0.3, -0.25) is 0 Å². The molecule has 1 saturated heterocycles. The van der Waals surface area contributed by atoms with Gasteiger partial charge in [0.2, 0.25) is 0 Å². The van der Waals surface area contributed by atoms with Crippen molar-refractivity contribution in [2.24, 2.45) is 11.3 Å². The van der Waals surface area contributed by atoms with Crippen LogP contribution in [0.2, 0.25) is 0 Å². The number of hydrogen-bond donors (Lipinski definition) is 0. The van der Waals surface area contributed by atoms with E-state index in [1.54, 1.807) is 0 Å². The van der Waals surface area contributed by atoms with Crippen LogP contribution in [0.25, 0.3) is 0 Å². The van der Waals surface area contributed by atoms with Crippen LogP contribution in [0.3, 0.4) is 0 Å². The lowest BCUT2D eigenvalue weighted by Gasteiger charge is -2.34. The molecule has 0 saturated carbocycles. The van der Waals surface area contributed by atoms with Crippen molar-refractivity contribution in [1.29, 1.82) is 0 Å². The van der Waals surface area contributed by atoms with Crippen LogP contribution in [0.4, 0.5) is 0 Å². The smallest absolute Gasteiger partial charge is 0.0585 e. The SMILES string of the molecule is CC1CCC(CC(C)(CBr)C(C)C)O1. The van der Waals surface area contributed by atoms with Gasteiger partial charge in [0.15, 0.2) is 0 Å². The molecule has 0 bridgehead atoms. The Balaban J connectivity index is 2.48. The van der Waals surface area contributed by atoms with Crippen molar-refractivity contribution in [3.63, 3.8) is 0 Å². The Kier molecular flexibility index (Phi) is 4.45. The Morgan fingerprint density at radius 1 is 1.43 bits per heavy atom. The molecule has 0 spiro atoms. The zero-order chi connectivity index (χ0) is 10.8. The van der Waals surface area contributed by atoms with Crippen LogP contribution in [-0.4, -0.2) is 17.5 Å². The molecule has 84 valence electrons. The van der Waals surface area contributed by atoms with Gasteiger partial charge < -0.3 is 4.74 Å². The van der Waals surface area contributed by atoms with E-state index in [1.165, 1.54) is 19.3 Å². The predicted molar refractivity (Wildman–Crippen MR) is 64.9 cm³/mol. The quantitative estimate of drug-likeness (QED) is 0.696. The molecule has 0 radical (unpaired) electrons. The van der Waals surface area contributed by atoms with Gasteiger partial charge >= 0.3 is 0 Å². The third-order valence-corrected chi connectivity index (χ3v) is 4.99. The molecule has 1 nitrogen and oxygen atoms in total. The summed E-state index contributed by atoms with van der Waals surface area (Å²) in [6.45, 7) is 9.15. The maximum absolute atomic E-state index is 5.89. The Morgan fingerprint density at radius 3 is 2.43 bits per heavy atom. The monoisotopic (exact) mass is 262 g/mol. The second-order valence-electron chi connectivity index (χ2n) is 5.29. The fourth-order valence-corrected chi connectivity index (χ4v) is 2.88. The molecule has 1 fully saturated rings. The number of ether oxygens (including phenoxy) is 1. The minimum Gasteiger partial charge on any atom is -0.375 e. The van der Waals surface area contributed by atoms with Crippen LogP contribution in [0.15, 0.2) is 0 Å². The molecule has 0 aromatic rings. The van der Waals surface area contributed by atoms with Crippen LogP contribution in [0, 0.1) is 11.3 Å². The van der Waals surface area contributed by atoms with Crippen molar-refractivity contribution in [2.45, 2.75) is 59.2 Å². The Hall–Kier alpha value is 0.440. The zero-order valence-electron chi connectivity index (χ0n) is 9.85. The number of rotatable bonds is 4. The average Bonchev–Trinajstić information content (AvgIpc) is 2.50. The van der Waals surface area contributed by atoms with E-state index >= 15 is 0 Å². The fourth-order valence-electron chi connectivity index (χ4n) is 2.00. The van der Waals surface area contributed by atoms with E-state index in [0.29, 0.717) is 23.5 Å². The van der Waals surface area contributed by atoms with Crippen molar-refractivity contribution in [3.05, 3.63) is 0 Å². The normalized spacial score (nSPS) is 32.1. The summed E-state index contributed by atoms with van der Waals surface area (Å²) < 4.78 is 5.89. The third kappa shape index (κ3) is 2.96. The predicted octanol–water partition coefficient (Wildman–Crippen LogP) is 4.00. The summed E-state index contributed by atoms with van der Waals surface area (Å²) in [5.41, 5.74) is 0.384. The van der Waals surface area contributed by atoms with Crippen molar-refractivity contribution < 1.29 is 4.74 Å². The van der Waals surface area contributed by atoms with Crippen molar-refractivity contribution in [2.75, 3.05) is 5.33 Å². The summed E-state index contributed by atoms with van der Waals surface area (Å²) in [5, 5.41) is 1.08. The minimum absolute atomic E-state index is 0.384. The highest BCUT2D eigenvalue weighted by atomic mass is 79.9. The Bertz CT molecular complexity index is 181. The molecular formula is C12H23BrO. The molecule has 0 aliphatic carbocycles. The van der Waals surface area contributed by atoms with Crippen molar-refractivity contribution in [3.8, 4) is 0 Å². The zero-order valence-corrected chi connectivity index (χ0v) is 11.4. The van der Waals surface area contributed by atoms with Crippen LogP contribution in [-0.2, 0) is 4.74 Å². The summed E-state index contributed by atoms with van der Waals surface area (Å²) in [5.74, 6) is 0.710. The van der Waals surface area contributed by atoms with Gasteiger partial charge in [0.1, 0.15) is 0 Å². The highest BCUT2D eigenvalue weighted by molar-refractivity contribution is 9.09. The molecular weight excluding hydrogens is 240 g/mol. The molecule has 0 amide bonds. The van der Waals surface area contributed by atoms with E-state index in [0.717, 1.165) is 5.33 Å². The Labute approximate surface area is 96.7 Å². The molecule has 3 atom stereocenters. The molecule has 0 aromatic heterocycles. The first-order valence-electron chi connectivity index (χ1n) is 5.69. The van der Waals surface area contributed by atoms with E-state index < -0.39 is 0 Å². The first-order chi connectivity index (χ1) is 6.48. The average molecular weight is 263 g/mol. The highest BCUT2D eigenvalue weighted by Gasteiger charge is 2.33. The second kappa shape index (κ2) is 4.98. The molecule has 2 heteroatoms. The molecule has 1 aliphatic heterocycles. The van der Waals surface area contributed by atoms with Gasteiger partial charge in [-0.2, -0.15) is 0 Å². The summed E-state index contributed by atoms with van der Waals surface area (Å²) in [6.07, 6.45) is 4.65. The number of halogens is 1. The Morgan fingerprint density at radius 2 is 2.07 bits per heavy atom. The van der Waals surface area contributed by atoms with E-state index in [-0.39, 0.29) is 0 Å². The molecule has 1 rings (SSSR count). The van der Waals surface area contributed by atoms with Gasteiger partial charge in [-0.05, 0) is 37.5 Å². The fraction of sp³-hybridized carbons (Fsp3) is 1.00. The largest absolute Gasteiger partial charge is 0.375 e. The van der Waals surface area contributed by atoms with E-state index in [4.69, 9.17) is 4.74 Å². The molecule has 0 N–H and O–H groups in total. The number of alkyl halides is 1. The molecule has 0 aromatic carbocycles. The summed E-state index contributed by atoms with van der Waals surface area (Å²) in [7, 11) is 0.